The number of rotatable bonds is 8. The van der Waals surface area contributed by atoms with Crippen LogP contribution in [0.2, 0.25) is 0 Å². The zero-order valence-electron chi connectivity index (χ0n) is 27.9. The van der Waals surface area contributed by atoms with Gasteiger partial charge in [0.25, 0.3) is 5.56 Å². The van der Waals surface area contributed by atoms with Gasteiger partial charge in [0.1, 0.15) is 24.9 Å². The van der Waals surface area contributed by atoms with Crippen LogP contribution in [0.4, 0.5) is 5.95 Å². The number of aliphatic hydroxyl groups is 2. The molecule has 1 unspecified atom stereocenters. The van der Waals surface area contributed by atoms with Crippen molar-refractivity contribution in [3.8, 4) is 0 Å². The number of hydrogen-bond donors (Lipinski definition) is 7. The number of hydrogen-bond acceptors (Lipinski definition) is 16. The molecule has 5 aliphatic heterocycles. The van der Waals surface area contributed by atoms with Crippen LogP contribution < -0.4 is 11.3 Å². The number of carboxylic acids is 1. The largest absolute Gasteiger partial charge is 0.481 e. The number of carbonyl (C=O) groups excluding carboxylic acids is 1. The second kappa shape index (κ2) is 14.0. The zero-order valence-corrected chi connectivity index (χ0v) is 28.8. The van der Waals surface area contributed by atoms with Gasteiger partial charge in [-0.2, -0.15) is 4.98 Å². The zero-order chi connectivity index (χ0) is 37.0. The standard InChI is InChI=1S/C19H28O8.C10H14N5O8P/c1-10-4-5-13-11(2)15(16(22)23-9-7-14(20)21)24-17-19(13)12(10)6-8-18(3,25-17)26-27-19;11-10-13-7-4(8(18)14-10)12-2-15(7)9-6(17)5(16)3(23-9)1-22-24(19,20)21/h10-13,15,17H,4-9H2,1-3H3,(H,20,21);2-3,5-6,9,16-17H,1H2,(H2,19,20,21)(H3,11,13,14,18)/t10-,11-,12+,13+,15-,17-,18+,19?;3-,5-,6-,9-/m11/s1. The highest BCUT2D eigenvalue weighted by molar-refractivity contribution is 7.46. The summed E-state index contributed by atoms with van der Waals surface area (Å²) in [5.41, 5.74) is 4.13. The van der Waals surface area contributed by atoms with Crippen molar-refractivity contribution in [3.05, 3.63) is 16.7 Å². The number of carboxylic acid groups (broad SMARTS) is 1. The Morgan fingerprint density at radius 2 is 1.88 bits per heavy atom. The number of fused-ring (bicyclic) bond motifs is 3. The summed E-state index contributed by atoms with van der Waals surface area (Å²) < 4.78 is 39.0. The molecule has 5 saturated heterocycles. The molecule has 2 bridgehead atoms. The van der Waals surface area contributed by atoms with Gasteiger partial charge >= 0.3 is 19.8 Å². The van der Waals surface area contributed by atoms with E-state index in [1.165, 1.54) is 10.9 Å². The van der Waals surface area contributed by atoms with E-state index in [-0.39, 0.29) is 47.9 Å². The van der Waals surface area contributed by atoms with Crippen LogP contribution >= 0.6 is 7.82 Å². The Morgan fingerprint density at radius 1 is 1.14 bits per heavy atom. The average molecular weight is 748 g/mol. The first-order valence-electron chi connectivity index (χ1n) is 16.5. The number of phosphoric ester groups is 1. The molecule has 1 spiro atoms. The molecular weight excluding hydrogens is 705 g/mol. The number of phosphoric acid groups is 1. The van der Waals surface area contributed by atoms with E-state index in [1.807, 2.05) is 13.8 Å². The number of anilines is 1. The lowest BCUT2D eigenvalue weighted by Gasteiger charge is -2.60. The monoisotopic (exact) mass is 747 g/mol. The van der Waals surface area contributed by atoms with Crippen molar-refractivity contribution in [1.29, 1.82) is 0 Å². The molecule has 6 aliphatic rings. The molecule has 22 heteroatoms. The van der Waals surface area contributed by atoms with E-state index in [0.29, 0.717) is 12.3 Å². The molecule has 0 radical (unpaired) electrons. The van der Waals surface area contributed by atoms with Crippen LogP contribution in [0.25, 0.3) is 11.2 Å². The van der Waals surface area contributed by atoms with Gasteiger partial charge in [-0.3, -0.25) is 23.7 Å². The van der Waals surface area contributed by atoms with Gasteiger partial charge in [0.05, 0.1) is 19.4 Å². The number of nitrogens with two attached hydrogens (primary N) is 1. The van der Waals surface area contributed by atoms with E-state index in [1.54, 1.807) is 0 Å². The third-order valence-corrected chi connectivity index (χ3v) is 10.9. The summed E-state index contributed by atoms with van der Waals surface area (Å²) >= 11 is 0. The molecule has 6 fully saturated rings. The van der Waals surface area contributed by atoms with Gasteiger partial charge in [-0.25, -0.2) is 24.1 Å². The first kappa shape index (κ1) is 37.7. The summed E-state index contributed by atoms with van der Waals surface area (Å²) in [4.78, 5) is 74.2. The second-order valence-corrected chi connectivity index (χ2v) is 15.0. The molecule has 21 nitrogen and oxygen atoms in total. The van der Waals surface area contributed by atoms with E-state index >= 15 is 0 Å². The minimum Gasteiger partial charge on any atom is -0.481 e. The van der Waals surface area contributed by atoms with E-state index in [4.69, 9.17) is 49.3 Å². The number of nitrogens with one attached hydrogen (secondary N) is 1. The van der Waals surface area contributed by atoms with Crippen LogP contribution in [0.15, 0.2) is 11.1 Å². The number of esters is 1. The van der Waals surface area contributed by atoms with Crippen LogP contribution in [-0.4, -0.2) is 112 Å². The van der Waals surface area contributed by atoms with Gasteiger partial charge in [-0.1, -0.05) is 13.8 Å². The Hall–Kier alpha value is -3.08. The van der Waals surface area contributed by atoms with Crippen LogP contribution in [0.1, 0.15) is 59.1 Å². The molecule has 284 valence electrons. The third-order valence-electron chi connectivity index (χ3n) is 10.4. The van der Waals surface area contributed by atoms with Crippen molar-refractivity contribution in [2.45, 2.75) is 101 Å². The Labute approximate surface area is 289 Å². The van der Waals surface area contributed by atoms with Crippen LogP contribution in [0.5, 0.6) is 0 Å². The van der Waals surface area contributed by atoms with Crippen molar-refractivity contribution in [2.24, 2.45) is 23.7 Å². The minimum absolute atomic E-state index is 0.0176. The minimum atomic E-state index is -4.76. The number of nitrogen functional groups attached to an aromatic ring is 1. The summed E-state index contributed by atoms with van der Waals surface area (Å²) in [5, 5.41) is 28.8. The molecular formula is C29H42N5O16P. The van der Waals surface area contributed by atoms with E-state index < -0.39 is 80.2 Å². The van der Waals surface area contributed by atoms with Crippen molar-refractivity contribution >= 4 is 36.9 Å². The Kier molecular flexibility index (Phi) is 10.4. The summed E-state index contributed by atoms with van der Waals surface area (Å²) in [5.74, 6) is -2.04. The SMILES string of the molecule is C[C@H]1[C@H](C(=O)OCCC(=O)O)O[C@@H]2O[C@]3(C)CC[C@H]4[C@H](C)CC[C@@H]1C24OO3.Nc1nc2c(ncn2[C@@H]2O[C@H](COP(=O)(O)O)[C@@H](O)[C@H]2O)c(=O)[nH]1. The molecule has 1 aliphatic carbocycles. The summed E-state index contributed by atoms with van der Waals surface area (Å²) in [6, 6.07) is 0. The maximum Gasteiger partial charge on any atom is 0.469 e. The first-order valence-corrected chi connectivity index (χ1v) is 18.0. The highest BCUT2D eigenvalue weighted by atomic mass is 31.2. The topological polar surface area (TPSA) is 307 Å². The highest BCUT2D eigenvalue weighted by Gasteiger charge is 2.70. The lowest BCUT2D eigenvalue weighted by Crippen LogP contribution is -2.71. The van der Waals surface area contributed by atoms with Gasteiger partial charge < -0.3 is 49.8 Å². The van der Waals surface area contributed by atoms with Gasteiger partial charge in [0.2, 0.25) is 11.7 Å². The lowest BCUT2D eigenvalue weighted by molar-refractivity contribution is -0.569. The first-order chi connectivity index (χ1) is 23.9. The molecule has 2 aromatic rings. The van der Waals surface area contributed by atoms with E-state index in [0.717, 1.165) is 19.3 Å². The second-order valence-electron chi connectivity index (χ2n) is 13.7. The van der Waals surface area contributed by atoms with Crippen molar-refractivity contribution in [2.75, 3.05) is 18.9 Å². The lowest BCUT2D eigenvalue weighted by atomic mass is 9.57. The predicted molar refractivity (Wildman–Crippen MR) is 167 cm³/mol. The highest BCUT2D eigenvalue weighted by Crippen LogP contribution is 2.60. The maximum absolute atomic E-state index is 12.6. The van der Waals surface area contributed by atoms with Crippen molar-refractivity contribution < 1.29 is 72.5 Å². The molecule has 12 atom stereocenters. The van der Waals surface area contributed by atoms with E-state index in [2.05, 4.69) is 26.4 Å². The number of H-pyrrole nitrogens is 1. The summed E-state index contributed by atoms with van der Waals surface area (Å²) in [7, 11) is -4.76. The Morgan fingerprint density at radius 3 is 2.59 bits per heavy atom. The van der Waals surface area contributed by atoms with Gasteiger partial charge in [-0.15, -0.1) is 0 Å². The van der Waals surface area contributed by atoms with Crippen LogP contribution in [0.3, 0.4) is 0 Å². The fraction of sp³-hybridized carbons (Fsp3) is 0.759. The molecule has 0 amide bonds. The Balaban J connectivity index is 0.000000177. The number of nitrogens with zero attached hydrogens (tertiary/aromatic N) is 3. The quantitative estimate of drug-likeness (QED) is 0.103. The number of carbonyl (C=O) groups is 2. The van der Waals surface area contributed by atoms with Crippen LogP contribution in [0, 0.1) is 23.7 Å². The fourth-order valence-corrected chi connectivity index (χ4v) is 8.23. The summed E-state index contributed by atoms with van der Waals surface area (Å²) in [6.45, 7) is 5.21. The number of imidazole rings is 1. The molecule has 2 aromatic heterocycles. The number of aromatic amines is 1. The molecule has 0 aromatic carbocycles. The average Bonchev–Trinajstić information content (AvgIpc) is 3.49. The number of ether oxygens (including phenoxy) is 4. The number of aromatic nitrogens is 4. The Bertz CT molecular complexity index is 1740. The third kappa shape index (κ3) is 7.17. The van der Waals surface area contributed by atoms with Crippen molar-refractivity contribution in [3.63, 3.8) is 0 Å². The van der Waals surface area contributed by atoms with Gasteiger partial charge in [-0.05, 0) is 43.9 Å². The molecule has 1 saturated carbocycles. The normalized spacial score (nSPS) is 38.7. The smallest absolute Gasteiger partial charge is 0.469 e. The number of aliphatic hydroxyl groups excluding tert-OH is 2. The van der Waals surface area contributed by atoms with E-state index in [9.17, 15) is 29.2 Å². The number of aliphatic carboxylic acids is 1. The molecule has 51 heavy (non-hydrogen) atoms. The molecule has 8 rings (SSSR count). The maximum atomic E-state index is 12.6. The van der Waals surface area contributed by atoms with Gasteiger partial charge in [0, 0.05) is 12.3 Å². The van der Waals surface area contributed by atoms with Crippen molar-refractivity contribution in [1.82, 2.24) is 19.5 Å². The molecule has 7 heterocycles. The predicted octanol–water partition coefficient (Wildman–Crippen LogP) is -0.315. The fourth-order valence-electron chi connectivity index (χ4n) is 7.89. The van der Waals surface area contributed by atoms with Crippen LogP contribution in [-0.2, 0) is 47.4 Å². The van der Waals surface area contributed by atoms with Gasteiger partial charge in [0.15, 0.2) is 35.4 Å². The summed E-state index contributed by atoms with van der Waals surface area (Å²) in [6.07, 6.45) is -2.38. The molecule has 8 N–H and O–H groups in total.